The van der Waals surface area contributed by atoms with Gasteiger partial charge in [0.2, 0.25) is 0 Å². The summed E-state index contributed by atoms with van der Waals surface area (Å²) in [5, 5.41) is 10.2. The van der Waals surface area contributed by atoms with E-state index >= 15 is 0 Å². The number of benzene rings is 1. The largest absolute Gasteiger partial charge is 0.449 e. The number of rotatable bonds is 5. The summed E-state index contributed by atoms with van der Waals surface area (Å²) in [5.41, 5.74) is 6.69. The molecule has 0 N–H and O–H groups in total. The topological polar surface area (TPSA) is 72.3 Å². The van der Waals surface area contributed by atoms with Crippen molar-refractivity contribution in [1.82, 2.24) is 24.6 Å². The van der Waals surface area contributed by atoms with Crippen molar-refractivity contribution in [3.8, 4) is 5.00 Å². The second-order valence-corrected chi connectivity index (χ2v) is 13.2. The molecular weight excluding hydrogens is 504 g/mol. The maximum Gasteiger partial charge on any atom is 0.196 e. The summed E-state index contributed by atoms with van der Waals surface area (Å²) in [6.07, 6.45) is 10.6. The van der Waals surface area contributed by atoms with Gasteiger partial charge in [-0.25, -0.2) is 4.98 Å². The monoisotopic (exact) mass is 540 g/mol. The van der Waals surface area contributed by atoms with Gasteiger partial charge in [0.25, 0.3) is 0 Å². The lowest BCUT2D eigenvalue weighted by Crippen LogP contribution is -2.46. The molecule has 202 valence electrons. The molecule has 1 atom stereocenters. The van der Waals surface area contributed by atoms with E-state index in [0.717, 1.165) is 33.8 Å². The molecule has 0 bridgehead atoms. The van der Waals surface area contributed by atoms with E-state index < -0.39 is 0 Å². The molecular formula is C31H36N6OS. The minimum absolute atomic E-state index is 0.237. The number of oxazole rings is 1. The van der Waals surface area contributed by atoms with Gasteiger partial charge in [0.1, 0.15) is 23.1 Å². The molecule has 0 radical (unpaired) electrons. The first-order valence-electron chi connectivity index (χ1n) is 14.2. The Morgan fingerprint density at radius 2 is 1.79 bits per heavy atom. The van der Waals surface area contributed by atoms with Crippen molar-refractivity contribution in [2.75, 3.05) is 20.1 Å². The summed E-state index contributed by atoms with van der Waals surface area (Å²) in [6, 6.07) is 8.96. The van der Waals surface area contributed by atoms with E-state index in [9.17, 15) is 0 Å². The molecule has 2 fully saturated rings. The first-order valence-corrected chi connectivity index (χ1v) is 15.0. The summed E-state index contributed by atoms with van der Waals surface area (Å²) in [6.45, 7) is 8.94. The van der Waals surface area contributed by atoms with Crippen molar-refractivity contribution in [2.24, 2.45) is 16.3 Å². The number of likely N-dealkylation sites (tertiary alicyclic amines) is 1. The molecule has 39 heavy (non-hydrogen) atoms. The lowest BCUT2D eigenvalue weighted by Gasteiger charge is -2.52. The summed E-state index contributed by atoms with van der Waals surface area (Å²) < 4.78 is 7.81. The van der Waals surface area contributed by atoms with Crippen LogP contribution in [0.1, 0.15) is 76.4 Å². The molecule has 1 aromatic carbocycles. The van der Waals surface area contributed by atoms with Crippen molar-refractivity contribution in [3.05, 3.63) is 81.4 Å². The lowest BCUT2D eigenvalue weighted by molar-refractivity contribution is -0.00645. The standard InChI is InChI=1S/C31H36N6OS/c1-19-20(2)39-30-27(19)28(33-25(16-26-32-11-14-38-26)29-35-34-21(3)37(29)30)24-7-5-22(6-8-24)15-23-17-31(18-23)9-12-36(4)13-10-31/h5-8,11,14,23,25H,9-10,12-13,15-18H2,1-4H3. The average Bonchev–Trinajstić information content (AvgIpc) is 3.61. The molecule has 8 heteroatoms. The predicted octanol–water partition coefficient (Wildman–Crippen LogP) is 6.04. The fraction of sp³-hybridized carbons (Fsp3) is 0.484. The van der Waals surface area contributed by atoms with Gasteiger partial charge < -0.3 is 9.32 Å². The van der Waals surface area contributed by atoms with Crippen LogP contribution in [0.3, 0.4) is 0 Å². The highest BCUT2D eigenvalue weighted by Gasteiger charge is 2.45. The van der Waals surface area contributed by atoms with Gasteiger partial charge in [-0.05, 0) is 95.5 Å². The third-order valence-corrected chi connectivity index (χ3v) is 10.5. The number of aryl methyl sites for hydroxylation is 2. The zero-order valence-corrected chi connectivity index (χ0v) is 24.1. The molecule has 1 spiro atoms. The number of aromatic nitrogens is 4. The van der Waals surface area contributed by atoms with Gasteiger partial charge in [-0.15, -0.1) is 21.5 Å². The number of thiophene rings is 1. The molecule has 3 aliphatic rings. The molecule has 7 rings (SSSR count). The molecule has 2 aliphatic heterocycles. The van der Waals surface area contributed by atoms with Crippen molar-refractivity contribution in [2.45, 2.75) is 65.3 Å². The molecule has 3 aromatic heterocycles. The number of nitrogens with zero attached hydrogens (tertiary/aromatic N) is 6. The molecule has 1 aliphatic carbocycles. The van der Waals surface area contributed by atoms with Crippen LogP contribution >= 0.6 is 11.3 Å². The second-order valence-electron chi connectivity index (χ2n) is 12.0. The molecule has 1 saturated carbocycles. The van der Waals surface area contributed by atoms with Crippen LogP contribution in [-0.2, 0) is 12.8 Å². The quantitative estimate of drug-likeness (QED) is 0.309. The summed E-state index contributed by atoms with van der Waals surface area (Å²) >= 11 is 1.79. The van der Waals surface area contributed by atoms with Gasteiger partial charge in [0, 0.05) is 16.0 Å². The third kappa shape index (κ3) is 4.38. The fourth-order valence-electron chi connectivity index (χ4n) is 6.99. The average molecular weight is 541 g/mol. The Kier molecular flexibility index (Phi) is 6.08. The zero-order valence-electron chi connectivity index (χ0n) is 23.3. The lowest BCUT2D eigenvalue weighted by atomic mass is 9.56. The second kappa shape index (κ2) is 9.52. The van der Waals surface area contributed by atoms with E-state index in [-0.39, 0.29) is 6.04 Å². The van der Waals surface area contributed by atoms with E-state index in [0.29, 0.717) is 17.7 Å². The van der Waals surface area contributed by atoms with Crippen LogP contribution in [0, 0.1) is 32.1 Å². The normalized spacial score (nSPS) is 20.8. The molecule has 5 heterocycles. The Morgan fingerprint density at radius 3 is 2.51 bits per heavy atom. The van der Waals surface area contributed by atoms with Crippen molar-refractivity contribution >= 4 is 17.0 Å². The van der Waals surface area contributed by atoms with Crippen LogP contribution in [0.4, 0.5) is 0 Å². The highest BCUT2D eigenvalue weighted by Crippen LogP contribution is 2.53. The van der Waals surface area contributed by atoms with Crippen LogP contribution in [0.25, 0.3) is 5.00 Å². The van der Waals surface area contributed by atoms with Crippen LogP contribution in [0.15, 0.2) is 46.1 Å². The van der Waals surface area contributed by atoms with Gasteiger partial charge in [-0.2, -0.15) is 0 Å². The SMILES string of the molecule is Cc1sc2c(c1C)C(c1ccc(CC3CC4(CCN(C)CC4)C3)cc1)=NC(Cc1ncco1)c1nnc(C)n1-2. The molecule has 7 nitrogen and oxygen atoms in total. The maximum atomic E-state index is 5.62. The number of aliphatic imine (C=N–C) groups is 1. The van der Waals surface area contributed by atoms with E-state index in [4.69, 9.17) is 9.41 Å². The molecule has 1 unspecified atom stereocenters. The van der Waals surface area contributed by atoms with Crippen LogP contribution in [-0.4, -0.2) is 50.5 Å². The number of fused-ring (bicyclic) bond motifs is 3. The zero-order chi connectivity index (χ0) is 26.7. The number of hydrogen-bond donors (Lipinski definition) is 0. The summed E-state index contributed by atoms with van der Waals surface area (Å²) in [4.78, 5) is 13.5. The van der Waals surface area contributed by atoms with Crippen LogP contribution in [0.2, 0.25) is 0 Å². The first kappa shape index (κ1) is 24.9. The first-order chi connectivity index (χ1) is 18.9. The number of piperidine rings is 1. The van der Waals surface area contributed by atoms with Crippen molar-refractivity contribution in [1.29, 1.82) is 0 Å². The maximum absolute atomic E-state index is 5.62. The van der Waals surface area contributed by atoms with E-state index in [2.05, 4.69) is 69.8 Å². The minimum Gasteiger partial charge on any atom is -0.449 e. The fourth-order valence-corrected chi connectivity index (χ4v) is 8.20. The van der Waals surface area contributed by atoms with E-state index in [1.807, 2.05) is 6.92 Å². The molecule has 1 saturated heterocycles. The Hall–Kier alpha value is -3.10. The van der Waals surface area contributed by atoms with Gasteiger partial charge in [0.05, 0.1) is 18.3 Å². The van der Waals surface area contributed by atoms with Gasteiger partial charge >= 0.3 is 0 Å². The number of hydrogen-bond acceptors (Lipinski definition) is 7. The Morgan fingerprint density at radius 1 is 1.03 bits per heavy atom. The van der Waals surface area contributed by atoms with Gasteiger partial charge in [-0.3, -0.25) is 9.56 Å². The van der Waals surface area contributed by atoms with Crippen LogP contribution < -0.4 is 0 Å². The highest BCUT2D eigenvalue weighted by molar-refractivity contribution is 7.15. The molecule has 0 amide bonds. The van der Waals surface area contributed by atoms with E-state index in [1.54, 1.807) is 23.8 Å². The Bertz CT molecular complexity index is 1510. The van der Waals surface area contributed by atoms with E-state index in [1.165, 1.54) is 66.8 Å². The molecule has 4 aromatic rings. The highest BCUT2D eigenvalue weighted by atomic mass is 32.1. The van der Waals surface area contributed by atoms with Crippen molar-refractivity contribution < 1.29 is 4.42 Å². The van der Waals surface area contributed by atoms with Crippen LogP contribution in [0.5, 0.6) is 0 Å². The Balaban J connectivity index is 1.20. The predicted molar refractivity (Wildman–Crippen MR) is 154 cm³/mol. The van der Waals surface area contributed by atoms with Gasteiger partial charge in [0.15, 0.2) is 11.7 Å². The summed E-state index contributed by atoms with van der Waals surface area (Å²) in [5.74, 6) is 3.19. The smallest absolute Gasteiger partial charge is 0.196 e. The Labute approximate surface area is 234 Å². The van der Waals surface area contributed by atoms with Crippen molar-refractivity contribution in [3.63, 3.8) is 0 Å². The summed E-state index contributed by atoms with van der Waals surface area (Å²) in [7, 11) is 2.26. The third-order valence-electron chi connectivity index (χ3n) is 9.33. The van der Waals surface area contributed by atoms with Gasteiger partial charge in [-0.1, -0.05) is 24.3 Å². The minimum atomic E-state index is -0.237.